The minimum Gasteiger partial charge on any atom is -0.481 e. The van der Waals surface area contributed by atoms with Crippen LogP contribution in [0.1, 0.15) is 38.5 Å². The molecule has 194 valence electrons. The molecule has 1 atom stereocenters. The number of hydrogen-bond acceptors (Lipinski definition) is 9. The fourth-order valence-electron chi connectivity index (χ4n) is 3.44. The molecular formula is C22H31N3O10. The molecule has 0 aliphatic carbocycles. The number of likely N-dealkylation sites (tertiary alicyclic amines) is 1. The number of aliphatic carboxylic acids is 1. The number of unbranched alkanes of at least 4 members (excludes halogenated alkanes) is 1. The lowest BCUT2D eigenvalue weighted by Crippen LogP contribution is -2.55. The largest absolute Gasteiger partial charge is 0.481 e. The van der Waals surface area contributed by atoms with E-state index in [1.54, 1.807) is 0 Å². The van der Waals surface area contributed by atoms with Gasteiger partial charge in [0.2, 0.25) is 17.7 Å². The molecule has 35 heavy (non-hydrogen) atoms. The Labute approximate surface area is 202 Å². The number of rotatable bonds is 18. The van der Waals surface area contributed by atoms with Crippen LogP contribution in [-0.2, 0) is 43.0 Å². The highest BCUT2D eigenvalue weighted by Crippen LogP contribution is 2.21. The van der Waals surface area contributed by atoms with E-state index >= 15 is 0 Å². The number of carboxylic acid groups (broad SMARTS) is 1. The fraction of sp³-hybridized carbons (Fsp3) is 0.636. The molecule has 2 rings (SSSR count). The lowest BCUT2D eigenvalue weighted by Gasteiger charge is -2.32. The van der Waals surface area contributed by atoms with Crippen LogP contribution in [0.5, 0.6) is 0 Å². The maximum Gasteiger partial charge on any atom is 0.303 e. The molecule has 0 saturated carbocycles. The number of amides is 5. The molecule has 0 bridgehead atoms. The Bertz CT molecular complexity index is 792. The fourth-order valence-corrected chi connectivity index (χ4v) is 3.44. The van der Waals surface area contributed by atoms with E-state index in [-0.39, 0.29) is 64.6 Å². The van der Waals surface area contributed by atoms with Crippen molar-refractivity contribution in [3.8, 4) is 0 Å². The van der Waals surface area contributed by atoms with Crippen LogP contribution in [0.2, 0.25) is 0 Å². The highest BCUT2D eigenvalue weighted by atomic mass is 16.5. The first-order valence-electron chi connectivity index (χ1n) is 11.4. The zero-order valence-electron chi connectivity index (χ0n) is 19.4. The average molecular weight is 498 g/mol. The molecule has 2 N–H and O–H groups in total. The number of carboxylic acids is 1. The lowest BCUT2D eigenvalue weighted by molar-refractivity contribution is -0.157. The summed E-state index contributed by atoms with van der Waals surface area (Å²) in [6.45, 7) is 1.26. The van der Waals surface area contributed by atoms with Crippen molar-refractivity contribution in [2.24, 2.45) is 0 Å². The van der Waals surface area contributed by atoms with Crippen molar-refractivity contribution in [1.29, 1.82) is 0 Å². The van der Waals surface area contributed by atoms with Gasteiger partial charge in [-0.25, -0.2) is 0 Å². The summed E-state index contributed by atoms with van der Waals surface area (Å²) < 4.78 is 16.2. The topological polar surface area (TPSA) is 169 Å². The van der Waals surface area contributed by atoms with Gasteiger partial charge >= 0.3 is 5.97 Å². The second-order valence-corrected chi connectivity index (χ2v) is 7.77. The summed E-state index contributed by atoms with van der Waals surface area (Å²) in [5.74, 6) is -3.17. The Kier molecular flexibility index (Phi) is 12.0. The predicted molar refractivity (Wildman–Crippen MR) is 117 cm³/mol. The monoisotopic (exact) mass is 497 g/mol. The molecule has 1 fully saturated rings. The summed E-state index contributed by atoms with van der Waals surface area (Å²) in [7, 11) is 0. The molecule has 0 radical (unpaired) electrons. The first kappa shape index (κ1) is 28.1. The van der Waals surface area contributed by atoms with E-state index < -0.39 is 35.8 Å². The van der Waals surface area contributed by atoms with E-state index in [0.717, 1.165) is 22.0 Å². The smallest absolute Gasteiger partial charge is 0.303 e. The van der Waals surface area contributed by atoms with Crippen LogP contribution in [0.25, 0.3) is 0 Å². The predicted octanol–water partition coefficient (Wildman–Crippen LogP) is -0.802. The Balaban J connectivity index is 1.54. The minimum atomic E-state index is -1.14. The number of carbonyl (C=O) groups is 6. The summed E-state index contributed by atoms with van der Waals surface area (Å²) in [5, 5.41) is 11.2. The van der Waals surface area contributed by atoms with Gasteiger partial charge in [0.25, 0.3) is 11.8 Å². The maximum absolute atomic E-state index is 12.1. The van der Waals surface area contributed by atoms with Crippen LogP contribution >= 0.6 is 0 Å². The van der Waals surface area contributed by atoms with Gasteiger partial charge in [0.05, 0.1) is 39.6 Å². The lowest BCUT2D eigenvalue weighted by atomic mass is 10.2. The Morgan fingerprint density at radius 2 is 1.37 bits per heavy atom. The van der Waals surface area contributed by atoms with Crippen LogP contribution in [0.3, 0.4) is 0 Å². The van der Waals surface area contributed by atoms with E-state index in [9.17, 15) is 28.8 Å². The molecule has 0 aromatic carbocycles. The molecule has 0 aromatic heterocycles. The second-order valence-electron chi connectivity index (χ2n) is 7.77. The van der Waals surface area contributed by atoms with Gasteiger partial charge in [-0.1, -0.05) is 0 Å². The molecule has 1 unspecified atom stereocenters. The van der Waals surface area contributed by atoms with E-state index in [4.69, 9.17) is 19.3 Å². The van der Waals surface area contributed by atoms with Crippen LogP contribution in [0, 0.1) is 0 Å². The number of imide groups is 2. The van der Waals surface area contributed by atoms with Crippen LogP contribution in [0.15, 0.2) is 12.2 Å². The van der Waals surface area contributed by atoms with Crippen molar-refractivity contribution in [1.82, 2.24) is 15.1 Å². The molecule has 5 amide bonds. The molecule has 2 aliphatic heterocycles. The summed E-state index contributed by atoms with van der Waals surface area (Å²) in [5.41, 5.74) is 0. The van der Waals surface area contributed by atoms with Crippen molar-refractivity contribution in [3.63, 3.8) is 0 Å². The number of ether oxygens (including phenoxy) is 3. The van der Waals surface area contributed by atoms with Crippen LogP contribution in [-0.4, -0.2) is 103 Å². The van der Waals surface area contributed by atoms with Crippen LogP contribution < -0.4 is 5.32 Å². The van der Waals surface area contributed by atoms with Gasteiger partial charge in [-0.3, -0.25) is 38.6 Å². The summed E-state index contributed by atoms with van der Waals surface area (Å²) in [6.07, 6.45) is 2.38. The van der Waals surface area contributed by atoms with Gasteiger partial charge < -0.3 is 24.6 Å². The standard InChI is InChI=1S/C22H31N3O10/c26-16(3-1-2-4-22(31)32)23-9-10-33-11-12-34-13-14-35-15-17(24-18(27)5-6-19(24)28)25-20(29)7-8-21(25)30/h5-6,17H,1-4,7-15H2,(H,23,26)(H,31,32). The molecule has 13 nitrogen and oxygen atoms in total. The molecule has 2 aliphatic rings. The third-order valence-electron chi connectivity index (χ3n) is 5.15. The van der Waals surface area contributed by atoms with Gasteiger partial charge in [-0.05, 0) is 12.8 Å². The van der Waals surface area contributed by atoms with Crippen molar-refractivity contribution in [2.45, 2.75) is 44.7 Å². The van der Waals surface area contributed by atoms with Crippen molar-refractivity contribution < 1.29 is 48.1 Å². The van der Waals surface area contributed by atoms with Crippen LogP contribution in [0.4, 0.5) is 0 Å². The molecular weight excluding hydrogens is 466 g/mol. The molecule has 0 spiro atoms. The van der Waals surface area contributed by atoms with Gasteiger partial charge in [0, 0.05) is 44.4 Å². The second kappa shape index (κ2) is 15.0. The number of nitrogens with zero attached hydrogens (tertiary/aromatic N) is 2. The third-order valence-corrected chi connectivity index (χ3v) is 5.15. The van der Waals surface area contributed by atoms with Crippen molar-refractivity contribution in [2.75, 3.05) is 46.2 Å². The first-order chi connectivity index (χ1) is 16.8. The zero-order chi connectivity index (χ0) is 25.6. The van der Waals surface area contributed by atoms with E-state index in [0.29, 0.717) is 26.0 Å². The Morgan fingerprint density at radius 3 is 1.97 bits per heavy atom. The molecule has 13 heteroatoms. The minimum absolute atomic E-state index is 0.0264. The zero-order valence-corrected chi connectivity index (χ0v) is 19.4. The molecule has 0 aromatic rings. The number of hydrogen-bond donors (Lipinski definition) is 2. The van der Waals surface area contributed by atoms with Crippen molar-refractivity contribution in [3.05, 3.63) is 12.2 Å². The summed E-state index contributed by atoms with van der Waals surface area (Å²) >= 11 is 0. The summed E-state index contributed by atoms with van der Waals surface area (Å²) in [4.78, 5) is 72.0. The van der Waals surface area contributed by atoms with Gasteiger partial charge in [-0.2, -0.15) is 0 Å². The average Bonchev–Trinajstić information content (AvgIpc) is 3.32. The molecule has 2 heterocycles. The Hall–Kier alpha value is -3.16. The Morgan fingerprint density at radius 1 is 0.829 bits per heavy atom. The van der Waals surface area contributed by atoms with E-state index in [1.165, 1.54) is 0 Å². The van der Waals surface area contributed by atoms with Gasteiger partial charge in [-0.15, -0.1) is 0 Å². The first-order valence-corrected chi connectivity index (χ1v) is 11.4. The number of carbonyl (C=O) groups excluding carboxylic acids is 5. The van der Waals surface area contributed by atoms with E-state index in [1.807, 2.05) is 0 Å². The van der Waals surface area contributed by atoms with Gasteiger partial charge in [0.15, 0.2) is 0 Å². The highest BCUT2D eigenvalue weighted by Gasteiger charge is 2.42. The van der Waals surface area contributed by atoms with E-state index in [2.05, 4.69) is 5.32 Å². The highest BCUT2D eigenvalue weighted by molar-refractivity contribution is 6.14. The third kappa shape index (κ3) is 9.54. The van der Waals surface area contributed by atoms with Crippen molar-refractivity contribution >= 4 is 35.5 Å². The quantitative estimate of drug-likeness (QED) is 0.181. The number of nitrogens with one attached hydrogen (secondary N) is 1. The summed E-state index contributed by atoms with van der Waals surface area (Å²) in [6, 6.07) is 0. The normalized spacial score (nSPS) is 16.5. The SMILES string of the molecule is O=C(O)CCCCC(=O)NCCOCCOCCOCC(N1C(=O)C=CC1=O)N1C(=O)CCC1=O. The maximum atomic E-state index is 12.1. The van der Waals surface area contributed by atoms with Gasteiger partial charge in [0.1, 0.15) is 6.17 Å². The molecule has 1 saturated heterocycles.